The Morgan fingerprint density at radius 2 is 2.32 bits per heavy atom. The minimum absolute atomic E-state index is 0.0289. The normalized spacial score (nSPS) is 18.8. The summed E-state index contributed by atoms with van der Waals surface area (Å²) >= 11 is 5.01. The van der Waals surface area contributed by atoms with Gasteiger partial charge in [0, 0.05) is 17.2 Å². The second kappa shape index (κ2) is 5.43. The fraction of sp³-hybridized carbons (Fsp3) is 0.286. The fourth-order valence-electron chi connectivity index (χ4n) is 2.47. The number of hydrogen-bond donors (Lipinski definition) is 0. The number of halogens is 1. The summed E-state index contributed by atoms with van der Waals surface area (Å²) in [6.45, 7) is 0.817. The van der Waals surface area contributed by atoms with E-state index in [0.717, 1.165) is 23.9 Å². The van der Waals surface area contributed by atoms with Gasteiger partial charge in [-0.05, 0) is 63.3 Å². The molecule has 1 saturated heterocycles. The van der Waals surface area contributed by atoms with Crippen molar-refractivity contribution in [2.24, 2.45) is 0 Å². The molecule has 5 heteroatoms. The Kier molecular flexibility index (Phi) is 3.66. The average Bonchev–Trinajstić information content (AvgIpc) is 3.09. The standard InChI is InChI=1S/C14H13BrN2OS/c15-11-3-4-12(16-8-11)14(18)17-6-1-2-13(17)10-5-7-19-9-10/h3-5,7-9,13H,1-2,6H2. The number of likely N-dealkylation sites (tertiary alicyclic amines) is 1. The van der Waals surface area contributed by atoms with Gasteiger partial charge >= 0.3 is 0 Å². The first-order valence-corrected chi connectivity index (χ1v) is 7.94. The van der Waals surface area contributed by atoms with E-state index in [0.29, 0.717) is 5.69 Å². The van der Waals surface area contributed by atoms with Crippen LogP contribution in [-0.2, 0) is 0 Å². The lowest BCUT2D eigenvalue weighted by Gasteiger charge is -2.23. The Morgan fingerprint density at radius 3 is 3.00 bits per heavy atom. The van der Waals surface area contributed by atoms with E-state index in [1.165, 1.54) is 5.56 Å². The molecule has 3 heterocycles. The highest BCUT2D eigenvalue weighted by Crippen LogP contribution is 2.33. The highest BCUT2D eigenvalue weighted by Gasteiger charge is 2.31. The minimum Gasteiger partial charge on any atom is -0.330 e. The molecule has 0 saturated carbocycles. The Balaban J connectivity index is 1.84. The quantitative estimate of drug-likeness (QED) is 0.833. The maximum atomic E-state index is 12.5. The van der Waals surface area contributed by atoms with Crippen molar-refractivity contribution in [3.63, 3.8) is 0 Å². The number of pyridine rings is 1. The molecule has 3 rings (SSSR count). The third-order valence-corrected chi connectivity index (χ3v) is 4.56. The lowest BCUT2D eigenvalue weighted by Crippen LogP contribution is -2.30. The number of rotatable bonds is 2. The van der Waals surface area contributed by atoms with Crippen molar-refractivity contribution in [1.82, 2.24) is 9.88 Å². The number of amides is 1. The number of carbonyl (C=O) groups is 1. The van der Waals surface area contributed by atoms with Crippen molar-refractivity contribution in [3.8, 4) is 0 Å². The Hall–Kier alpha value is -1.20. The summed E-state index contributed by atoms with van der Waals surface area (Å²) in [7, 11) is 0. The molecule has 98 valence electrons. The topological polar surface area (TPSA) is 33.2 Å². The molecule has 2 aromatic heterocycles. The van der Waals surface area contributed by atoms with Crippen LogP contribution in [0.2, 0.25) is 0 Å². The molecule has 0 aromatic carbocycles. The van der Waals surface area contributed by atoms with Crippen molar-refractivity contribution in [2.75, 3.05) is 6.54 Å². The van der Waals surface area contributed by atoms with E-state index < -0.39 is 0 Å². The van der Waals surface area contributed by atoms with Crippen molar-refractivity contribution >= 4 is 33.2 Å². The van der Waals surface area contributed by atoms with Crippen LogP contribution >= 0.6 is 27.3 Å². The Morgan fingerprint density at radius 1 is 1.42 bits per heavy atom. The van der Waals surface area contributed by atoms with E-state index >= 15 is 0 Å². The van der Waals surface area contributed by atoms with Crippen LogP contribution in [0, 0.1) is 0 Å². The predicted molar refractivity (Wildman–Crippen MR) is 79.3 cm³/mol. The lowest BCUT2D eigenvalue weighted by molar-refractivity contribution is 0.0730. The van der Waals surface area contributed by atoms with Crippen molar-refractivity contribution in [3.05, 3.63) is 50.9 Å². The van der Waals surface area contributed by atoms with Gasteiger partial charge in [-0.15, -0.1) is 0 Å². The zero-order valence-corrected chi connectivity index (χ0v) is 12.7. The number of thiophene rings is 1. The van der Waals surface area contributed by atoms with Gasteiger partial charge in [-0.1, -0.05) is 0 Å². The van der Waals surface area contributed by atoms with E-state index in [4.69, 9.17) is 0 Å². The van der Waals surface area contributed by atoms with E-state index in [1.54, 1.807) is 23.6 Å². The number of aromatic nitrogens is 1. The van der Waals surface area contributed by atoms with Crippen LogP contribution in [0.5, 0.6) is 0 Å². The number of carbonyl (C=O) groups excluding carboxylic acids is 1. The summed E-state index contributed by atoms with van der Waals surface area (Å²) in [5.41, 5.74) is 1.76. The van der Waals surface area contributed by atoms with Gasteiger partial charge in [-0.25, -0.2) is 4.98 Å². The molecular formula is C14H13BrN2OS. The second-order valence-corrected chi connectivity index (χ2v) is 6.27. The average molecular weight is 337 g/mol. The highest BCUT2D eigenvalue weighted by molar-refractivity contribution is 9.10. The van der Waals surface area contributed by atoms with Crippen LogP contribution in [-0.4, -0.2) is 22.3 Å². The summed E-state index contributed by atoms with van der Waals surface area (Å²) in [6, 6.07) is 5.95. The number of nitrogens with zero attached hydrogens (tertiary/aromatic N) is 2. The molecule has 1 aliphatic rings. The largest absolute Gasteiger partial charge is 0.330 e. The molecule has 3 nitrogen and oxygen atoms in total. The van der Waals surface area contributed by atoms with Crippen molar-refractivity contribution in [1.29, 1.82) is 0 Å². The summed E-state index contributed by atoms with van der Waals surface area (Å²) < 4.78 is 0.889. The van der Waals surface area contributed by atoms with E-state index in [9.17, 15) is 4.79 Å². The van der Waals surface area contributed by atoms with Gasteiger partial charge < -0.3 is 4.90 Å². The fourth-order valence-corrected chi connectivity index (χ4v) is 3.41. The maximum Gasteiger partial charge on any atom is 0.272 e. The van der Waals surface area contributed by atoms with Crippen LogP contribution in [0.4, 0.5) is 0 Å². The third-order valence-electron chi connectivity index (χ3n) is 3.39. The minimum atomic E-state index is 0.0289. The van der Waals surface area contributed by atoms with Crippen LogP contribution in [0.25, 0.3) is 0 Å². The summed E-state index contributed by atoms with van der Waals surface area (Å²) in [6.07, 6.45) is 3.77. The smallest absolute Gasteiger partial charge is 0.272 e. The van der Waals surface area contributed by atoms with Crippen molar-refractivity contribution < 1.29 is 4.79 Å². The zero-order valence-electron chi connectivity index (χ0n) is 10.3. The van der Waals surface area contributed by atoms with Gasteiger partial charge in [0.1, 0.15) is 5.69 Å². The van der Waals surface area contributed by atoms with Gasteiger partial charge in [0.05, 0.1) is 6.04 Å². The van der Waals surface area contributed by atoms with Gasteiger partial charge in [-0.2, -0.15) is 11.3 Å². The summed E-state index contributed by atoms with van der Waals surface area (Å²) in [5.74, 6) is 0.0289. The van der Waals surface area contributed by atoms with Crippen LogP contribution < -0.4 is 0 Å². The first kappa shape index (κ1) is 12.8. The molecule has 2 aromatic rings. The van der Waals surface area contributed by atoms with Gasteiger partial charge in [0.15, 0.2) is 0 Å². The van der Waals surface area contributed by atoms with Gasteiger partial charge in [-0.3, -0.25) is 4.79 Å². The molecule has 0 radical (unpaired) electrons. The molecule has 0 bridgehead atoms. The Bertz CT molecular complexity index is 568. The van der Waals surface area contributed by atoms with E-state index in [1.807, 2.05) is 11.0 Å². The molecule has 1 aliphatic heterocycles. The van der Waals surface area contributed by atoms with Gasteiger partial charge in [0.25, 0.3) is 5.91 Å². The summed E-state index contributed by atoms with van der Waals surface area (Å²) in [4.78, 5) is 18.7. The molecular weight excluding hydrogens is 324 g/mol. The molecule has 0 aliphatic carbocycles. The maximum absolute atomic E-state index is 12.5. The van der Waals surface area contributed by atoms with Gasteiger partial charge in [0.2, 0.25) is 0 Å². The summed E-state index contributed by atoms with van der Waals surface area (Å²) in [5, 5.41) is 4.19. The molecule has 1 unspecified atom stereocenters. The Labute approximate surface area is 124 Å². The molecule has 19 heavy (non-hydrogen) atoms. The monoisotopic (exact) mass is 336 g/mol. The van der Waals surface area contributed by atoms with Crippen molar-refractivity contribution in [2.45, 2.75) is 18.9 Å². The molecule has 1 amide bonds. The molecule has 1 atom stereocenters. The lowest BCUT2D eigenvalue weighted by atomic mass is 10.1. The first-order chi connectivity index (χ1) is 9.25. The van der Waals surface area contributed by atoms with E-state index in [-0.39, 0.29) is 11.9 Å². The molecule has 0 N–H and O–H groups in total. The van der Waals surface area contributed by atoms with Crippen LogP contribution in [0.15, 0.2) is 39.6 Å². The zero-order chi connectivity index (χ0) is 13.2. The first-order valence-electron chi connectivity index (χ1n) is 6.20. The van der Waals surface area contributed by atoms with E-state index in [2.05, 4.69) is 37.7 Å². The predicted octanol–water partition coefficient (Wildman–Crippen LogP) is 3.88. The second-order valence-electron chi connectivity index (χ2n) is 4.57. The van der Waals surface area contributed by atoms with Crippen LogP contribution in [0.3, 0.4) is 0 Å². The van der Waals surface area contributed by atoms with Crippen LogP contribution in [0.1, 0.15) is 34.9 Å². The molecule has 0 spiro atoms. The number of hydrogen-bond acceptors (Lipinski definition) is 3. The third kappa shape index (κ3) is 2.58. The molecule has 1 fully saturated rings. The highest BCUT2D eigenvalue weighted by atomic mass is 79.9. The SMILES string of the molecule is O=C(c1ccc(Br)cn1)N1CCCC1c1ccsc1.